The van der Waals surface area contributed by atoms with Gasteiger partial charge in [-0.1, -0.05) is 18.2 Å². The van der Waals surface area contributed by atoms with Crippen molar-refractivity contribution >= 4 is 15.8 Å². The number of esters is 1. The normalized spacial score (nSPS) is 14.4. The van der Waals surface area contributed by atoms with Crippen LogP contribution in [0.2, 0.25) is 0 Å². The Hall–Kier alpha value is -2.28. The highest BCUT2D eigenvalue weighted by Gasteiger charge is 2.33. The molecule has 2 aromatic rings. The van der Waals surface area contributed by atoms with Crippen molar-refractivity contribution in [1.29, 1.82) is 0 Å². The van der Waals surface area contributed by atoms with E-state index in [1.165, 1.54) is 12.3 Å². The summed E-state index contributed by atoms with van der Waals surface area (Å²) in [6, 6.07) is 6.40. The van der Waals surface area contributed by atoms with Crippen molar-refractivity contribution in [2.24, 2.45) is 0 Å². The lowest BCUT2D eigenvalue weighted by molar-refractivity contribution is 0.0526. The molecule has 7 heteroatoms. The van der Waals surface area contributed by atoms with E-state index in [9.17, 15) is 13.2 Å². The molecule has 2 bridgehead atoms. The van der Waals surface area contributed by atoms with Crippen molar-refractivity contribution < 1.29 is 17.9 Å². The fourth-order valence-corrected chi connectivity index (χ4v) is 3.37. The zero-order chi connectivity index (χ0) is 14.3. The highest BCUT2D eigenvalue weighted by Crippen LogP contribution is 2.35. The number of nitrogens with zero attached hydrogens (tertiary/aromatic N) is 2. The van der Waals surface area contributed by atoms with Crippen LogP contribution in [-0.4, -0.2) is 31.0 Å². The van der Waals surface area contributed by atoms with Crippen LogP contribution in [0.5, 0.6) is 0 Å². The average molecular weight is 290 g/mol. The second kappa shape index (κ2) is 4.38. The number of ether oxygens (including phenoxy) is 1. The van der Waals surface area contributed by atoms with Gasteiger partial charge in [-0.25, -0.2) is 23.2 Å². The molecule has 1 aliphatic heterocycles. The number of benzene rings is 1. The molecular weight excluding hydrogens is 280 g/mol. The van der Waals surface area contributed by atoms with Gasteiger partial charge in [-0.3, -0.25) is 0 Å². The van der Waals surface area contributed by atoms with Gasteiger partial charge in [0.1, 0.15) is 5.56 Å². The van der Waals surface area contributed by atoms with Crippen LogP contribution in [0.25, 0.3) is 11.3 Å². The van der Waals surface area contributed by atoms with E-state index in [-0.39, 0.29) is 22.2 Å². The Morgan fingerprint density at radius 2 is 2.05 bits per heavy atom. The topological polar surface area (TPSA) is 86.2 Å². The van der Waals surface area contributed by atoms with E-state index in [2.05, 4.69) is 9.97 Å². The van der Waals surface area contributed by atoms with Gasteiger partial charge >= 0.3 is 5.97 Å². The first-order valence-electron chi connectivity index (χ1n) is 5.94. The maximum atomic E-state index is 12.2. The number of fused-ring (bicyclic) bond motifs is 4. The second-order valence-electron chi connectivity index (χ2n) is 4.13. The summed E-state index contributed by atoms with van der Waals surface area (Å²) in [5.74, 6) is -0.567. The molecule has 0 aliphatic carbocycles. The minimum atomic E-state index is -3.71. The standard InChI is InChI=1S/C13H10N2O4S/c1-2-19-12(16)9-7-14-13-15-11(9)8-5-3-4-6-10(8)20(13,17)18/h3-7H,2H2,1H3. The first-order valence-corrected chi connectivity index (χ1v) is 7.42. The van der Waals surface area contributed by atoms with Crippen molar-refractivity contribution in [3.05, 3.63) is 36.0 Å². The molecule has 102 valence electrons. The number of aromatic nitrogens is 2. The van der Waals surface area contributed by atoms with Crippen LogP contribution in [-0.2, 0) is 14.6 Å². The van der Waals surface area contributed by atoms with Crippen molar-refractivity contribution in [2.75, 3.05) is 6.61 Å². The summed E-state index contributed by atoms with van der Waals surface area (Å²) in [4.78, 5) is 19.7. The monoisotopic (exact) mass is 290 g/mol. The SMILES string of the molecule is CCOC(=O)c1cnc2nc1-c1ccccc1S2(=O)=O. The Labute approximate surface area is 115 Å². The predicted octanol–water partition coefficient (Wildman–Crippen LogP) is 1.47. The van der Waals surface area contributed by atoms with Gasteiger partial charge in [0.25, 0.3) is 5.16 Å². The van der Waals surface area contributed by atoms with Crippen LogP contribution in [0.4, 0.5) is 0 Å². The van der Waals surface area contributed by atoms with Crippen LogP contribution < -0.4 is 0 Å². The lowest BCUT2D eigenvalue weighted by atomic mass is 10.1. The molecule has 1 aromatic heterocycles. The van der Waals surface area contributed by atoms with E-state index in [1.807, 2.05) is 0 Å². The van der Waals surface area contributed by atoms with E-state index in [0.29, 0.717) is 11.3 Å². The number of carbonyl (C=O) groups is 1. The van der Waals surface area contributed by atoms with E-state index >= 15 is 0 Å². The molecule has 1 aromatic carbocycles. The van der Waals surface area contributed by atoms with Gasteiger partial charge in [-0.2, -0.15) is 0 Å². The summed E-state index contributed by atoms with van der Waals surface area (Å²) >= 11 is 0. The molecule has 0 fully saturated rings. The van der Waals surface area contributed by atoms with Crippen LogP contribution in [0.15, 0.2) is 40.5 Å². The summed E-state index contributed by atoms with van der Waals surface area (Å²) in [5.41, 5.74) is 0.849. The molecule has 0 radical (unpaired) electrons. The minimum absolute atomic E-state index is 0.110. The number of rotatable bonds is 2. The van der Waals surface area contributed by atoms with Crippen molar-refractivity contribution in [3.63, 3.8) is 0 Å². The molecule has 0 amide bonds. The molecule has 0 spiro atoms. The summed E-state index contributed by atoms with van der Waals surface area (Å²) in [7, 11) is -3.71. The molecule has 0 N–H and O–H groups in total. The summed E-state index contributed by atoms with van der Waals surface area (Å²) in [5, 5.41) is -0.292. The molecule has 3 rings (SSSR count). The Balaban J connectivity index is 2.31. The van der Waals surface area contributed by atoms with Gasteiger partial charge in [0.15, 0.2) is 0 Å². The van der Waals surface area contributed by atoms with E-state index in [1.54, 1.807) is 25.1 Å². The molecule has 6 nitrogen and oxygen atoms in total. The summed E-state index contributed by atoms with van der Waals surface area (Å²) in [6.07, 6.45) is 1.20. The lowest BCUT2D eigenvalue weighted by Crippen LogP contribution is -2.18. The van der Waals surface area contributed by atoms with Crippen LogP contribution in [0.3, 0.4) is 0 Å². The van der Waals surface area contributed by atoms with Crippen molar-refractivity contribution in [2.45, 2.75) is 17.0 Å². The van der Waals surface area contributed by atoms with Crippen LogP contribution >= 0.6 is 0 Å². The third-order valence-corrected chi connectivity index (χ3v) is 4.55. The maximum absolute atomic E-state index is 12.2. The van der Waals surface area contributed by atoms with E-state index in [0.717, 1.165) is 0 Å². The fraction of sp³-hybridized carbons (Fsp3) is 0.154. The molecule has 0 saturated heterocycles. The maximum Gasteiger partial charge on any atom is 0.341 e. The number of hydrogen-bond acceptors (Lipinski definition) is 6. The van der Waals surface area contributed by atoms with Gasteiger partial charge in [0, 0.05) is 11.8 Å². The average Bonchev–Trinajstić information content (AvgIpc) is 2.46. The molecule has 0 saturated carbocycles. The quantitative estimate of drug-likeness (QED) is 0.524. The molecule has 1 aliphatic rings. The van der Waals surface area contributed by atoms with E-state index < -0.39 is 15.8 Å². The zero-order valence-electron chi connectivity index (χ0n) is 10.5. The van der Waals surface area contributed by atoms with Gasteiger partial charge in [0.2, 0.25) is 9.84 Å². The Morgan fingerprint density at radius 3 is 2.80 bits per heavy atom. The van der Waals surface area contributed by atoms with E-state index in [4.69, 9.17) is 4.74 Å². The molecule has 2 heterocycles. The predicted molar refractivity (Wildman–Crippen MR) is 68.9 cm³/mol. The summed E-state index contributed by atoms with van der Waals surface area (Å²) in [6.45, 7) is 1.91. The number of sulfone groups is 1. The molecule has 0 unspecified atom stereocenters. The highest BCUT2D eigenvalue weighted by molar-refractivity contribution is 7.91. The Kier molecular flexibility index (Phi) is 2.79. The fourth-order valence-electron chi connectivity index (χ4n) is 2.05. The Bertz CT molecular complexity index is 815. The number of hydrogen-bond donors (Lipinski definition) is 0. The largest absolute Gasteiger partial charge is 0.462 e. The molecule has 20 heavy (non-hydrogen) atoms. The third-order valence-electron chi connectivity index (χ3n) is 2.93. The van der Waals surface area contributed by atoms with Crippen molar-refractivity contribution in [1.82, 2.24) is 9.97 Å². The lowest BCUT2D eigenvalue weighted by Gasteiger charge is -2.17. The van der Waals surface area contributed by atoms with Gasteiger partial charge in [-0.05, 0) is 13.0 Å². The second-order valence-corrected chi connectivity index (χ2v) is 5.95. The minimum Gasteiger partial charge on any atom is -0.462 e. The first-order chi connectivity index (χ1) is 9.55. The van der Waals surface area contributed by atoms with Crippen molar-refractivity contribution in [3.8, 4) is 11.3 Å². The first kappa shape index (κ1) is 12.7. The molecule has 0 atom stereocenters. The van der Waals surface area contributed by atoms with Crippen LogP contribution in [0, 0.1) is 0 Å². The smallest absolute Gasteiger partial charge is 0.341 e. The third kappa shape index (κ3) is 1.70. The van der Waals surface area contributed by atoms with Gasteiger partial charge < -0.3 is 4.74 Å². The van der Waals surface area contributed by atoms with Gasteiger partial charge in [0.05, 0.1) is 17.2 Å². The Morgan fingerprint density at radius 1 is 1.30 bits per heavy atom. The number of carbonyl (C=O) groups excluding carboxylic acids is 1. The van der Waals surface area contributed by atoms with Gasteiger partial charge in [-0.15, -0.1) is 0 Å². The van der Waals surface area contributed by atoms with Crippen LogP contribution in [0.1, 0.15) is 17.3 Å². The highest BCUT2D eigenvalue weighted by atomic mass is 32.2. The summed E-state index contributed by atoms with van der Waals surface area (Å²) < 4.78 is 29.4. The zero-order valence-corrected chi connectivity index (χ0v) is 11.3. The molecular formula is C13H10N2O4S.